The van der Waals surface area contributed by atoms with Crippen molar-refractivity contribution in [2.75, 3.05) is 11.1 Å². The fraction of sp³-hybridized carbons (Fsp3) is 0.100. The van der Waals surface area contributed by atoms with Crippen molar-refractivity contribution in [2.24, 2.45) is 0 Å². The van der Waals surface area contributed by atoms with E-state index in [1.807, 2.05) is 12.1 Å². The Kier molecular flexibility index (Phi) is 6.60. The first-order chi connectivity index (χ1) is 13.8. The molecule has 0 radical (unpaired) electrons. The Morgan fingerprint density at radius 1 is 1.24 bits per heavy atom. The van der Waals surface area contributed by atoms with Crippen molar-refractivity contribution in [1.29, 1.82) is 0 Å². The Hall–Kier alpha value is -2.78. The highest BCUT2D eigenvalue weighted by atomic mass is 35.5. The molecule has 0 aliphatic carbocycles. The number of amides is 1. The zero-order valence-corrected chi connectivity index (χ0v) is 16.9. The SMILES string of the molecule is CC(OS(=O)[O-])c1ccc(C(=O)Nc2ccc(Cl)c(-c3ccccn3)c2)cc1N. The minimum atomic E-state index is -2.67. The number of aromatic nitrogens is 1. The van der Waals surface area contributed by atoms with Gasteiger partial charge in [-0.05, 0) is 49.4 Å². The van der Waals surface area contributed by atoms with Crippen molar-refractivity contribution in [3.8, 4) is 11.3 Å². The van der Waals surface area contributed by atoms with Gasteiger partial charge in [0.05, 0.1) is 28.2 Å². The molecule has 3 rings (SSSR count). The fourth-order valence-electron chi connectivity index (χ4n) is 2.78. The molecule has 0 saturated heterocycles. The number of hydrogen-bond donors (Lipinski definition) is 2. The van der Waals surface area contributed by atoms with E-state index in [4.69, 9.17) is 21.5 Å². The molecule has 1 heterocycles. The third-order valence-electron chi connectivity index (χ3n) is 4.17. The lowest BCUT2D eigenvalue weighted by molar-refractivity contribution is 0.102. The lowest BCUT2D eigenvalue weighted by atomic mass is 10.0. The summed E-state index contributed by atoms with van der Waals surface area (Å²) in [7, 11) is 0. The Morgan fingerprint density at radius 3 is 2.69 bits per heavy atom. The molecule has 2 aromatic carbocycles. The third kappa shape index (κ3) is 5.18. The molecule has 0 spiro atoms. The Morgan fingerprint density at radius 2 is 2.03 bits per heavy atom. The first kappa shape index (κ1) is 20.9. The highest BCUT2D eigenvalue weighted by molar-refractivity contribution is 7.74. The van der Waals surface area contributed by atoms with E-state index in [1.54, 1.807) is 49.5 Å². The van der Waals surface area contributed by atoms with E-state index in [0.717, 1.165) is 0 Å². The molecule has 29 heavy (non-hydrogen) atoms. The Labute approximate surface area is 175 Å². The van der Waals surface area contributed by atoms with Crippen molar-refractivity contribution >= 4 is 40.2 Å². The molecular weight excluding hydrogens is 414 g/mol. The number of anilines is 2. The van der Waals surface area contributed by atoms with Crippen LogP contribution in [-0.2, 0) is 15.5 Å². The number of pyridine rings is 1. The summed E-state index contributed by atoms with van der Waals surface area (Å²) in [6.07, 6.45) is 0.900. The van der Waals surface area contributed by atoms with E-state index < -0.39 is 17.5 Å². The second-order valence-electron chi connectivity index (χ2n) is 6.15. The molecule has 150 valence electrons. The zero-order valence-electron chi connectivity index (χ0n) is 15.3. The largest absolute Gasteiger partial charge is 0.750 e. The quantitative estimate of drug-likeness (QED) is 0.449. The van der Waals surface area contributed by atoms with Crippen LogP contribution < -0.4 is 11.1 Å². The number of nitrogen functional groups attached to an aromatic ring is 1. The minimum Gasteiger partial charge on any atom is -0.750 e. The minimum absolute atomic E-state index is 0.251. The summed E-state index contributed by atoms with van der Waals surface area (Å²) >= 11 is 3.60. The van der Waals surface area contributed by atoms with Crippen LogP contribution in [-0.4, -0.2) is 19.7 Å². The highest BCUT2D eigenvalue weighted by Crippen LogP contribution is 2.30. The molecule has 3 aromatic rings. The van der Waals surface area contributed by atoms with E-state index >= 15 is 0 Å². The second-order valence-corrected chi connectivity index (χ2v) is 7.16. The van der Waals surface area contributed by atoms with Gasteiger partial charge in [0.1, 0.15) is 0 Å². The molecule has 1 aromatic heterocycles. The predicted molar refractivity (Wildman–Crippen MR) is 112 cm³/mol. The molecule has 9 heteroatoms. The average Bonchev–Trinajstić information content (AvgIpc) is 2.69. The summed E-state index contributed by atoms with van der Waals surface area (Å²) < 4.78 is 26.1. The number of benzene rings is 2. The molecule has 0 saturated carbocycles. The van der Waals surface area contributed by atoms with E-state index in [1.165, 1.54) is 6.07 Å². The second kappa shape index (κ2) is 9.15. The van der Waals surface area contributed by atoms with E-state index in [2.05, 4.69) is 10.3 Å². The van der Waals surface area contributed by atoms with Gasteiger partial charge in [0.15, 0.2) is 0 Å². The van der Waals surface area contributed by atoms with Crippen molar-refractivity contribution in [3.05, 3.63) is 76.9 Å². The molecule has 0 fully saturated rings. The number of carbonyl (C=O) groups is 1. The fourth-order valence-corrected chi connectivity index (χ4v) is 3.33. The summed E-state index contributed by atoms with van der Waals surface area (Å²) in [6.45, 7) is 1.55. The smallest absolute Gasteiger partial charge is 0.255 e. The van der Waals surface area contributed by atoms with Crippen molar-refractivity contribution in [2.45, 2.75) is 13.0 Å². The van der Waals surface area contributed by atoms with E-state index in [9.17, 15) is 13.6 Å². The first-order valence-electron chi connectivity index (χ1n) is 8.53. The Balaban J connectivity index is 1.80. The van der Waals surface area contributed by atoms with Gasteiger partial charge in [-0.1, -0.05) is 23.7 Å². The van der Waals surface area contributed by atoms with Crippen LogP contribution in [0, 0.1) is 0 Å². The van der Waals surface area contributed by atoms with Gasteiger partial charge in [0.25, 0.3) is 5.91 Å². The number of nitrogens with two attached hydrogens (primary N) is 1. The normalized spacial score (nSPS) is 12.9. The van der Waals surface area contributed by atoms with Gasteiger partial charge in [-0.25, -0.2) is 4.21 Å². The topological polar surface area (TPSA) is 117 Å². The molecule has 2 unspecified atom stereocenters. The first-order valence-corrected chi connectivity index (χ1v) is 9.91. The van der Waals surface area contributed by atoms with Crippen LogP contribution in [0.15, 0.2) is 60.8 Å². The van der Waals surface area contributed by atoms with E-state index in [-0.39, 0.29) is 11.6 Å². The van der Waals surface area contributed by atoms with Gasteiger partial charge in [-0.3, -0.25) is 14.0 Å². The molecule has 2 atom stereocenters. The van der Waals surface area contributed by atoms with Crippen LogP contribution in [0.1, 0.15) is 28.9 Å². The molecule has 7 nitrogen and oxygen atoms in total. The number of hydrogen-bond acceptors (Lipinski definition) is 6. The summed E-state index contributed by atoms with van der Waals surface area (Å²) in [4.78, 5) is 16.9. The number of nitrogens with one attached hydrogen (secondary N) is 1. The van der Waals surface area contributed by atoms with Gasteiger partial charge < -0.3 is 15.6 Å². The number of carbonyl (C=O) groups excluding carboxylic acids is 1. The van der Waals surface area contributed by atoms with Crippen LogP contribution in [0.3, 0.4) is 0 Å². The number of rotatable bonds is 6. The third-order valence-corrected chi connectivity index (χ3v) is 4.95. The number of nitrogens with zero attached hydrogens (tertiary/aromatic N) is 1. The summed E-state index contributed by atoms with van der Waals surface area (Å²) in [5.74, 6) is -0.376. The van der Waals surface area contributed by atoms with Gasteiger partial charge in [-0.15, -0.1) is 0 Å². The molecular formula is C20H17ClN3O4S-. The highest BCUT2D eigenvalue weighted by Gasteiger charge is 2.14. The van der Waals surface area contributed by atoms with Crippen LogP contribution >= 0.6 is 11.6 Å². The van der Waals surface area contributed by atoms with Crippen molar-refractivity contribution in [3.63, 3.8) is 0 Å². The summed E-state index contributed by atoms with van der Waals surface area (Å²) in [5, 5.41) is 3.31. The van der Waals surface area contributed by atoms with Crippen LogP contribution in [0.25, 0.3) is 11.3 Å². The maximum atomic E-state index is 12.6. The standard InChI is InChI=1S/C20H18ClN3O4S/c1-12(28-29(26)27)15-7-5-13(10-18(15)22)20(25)24-14-6-8-17(21)16(11-14)19-4-2-3-9-23-19/h2-12H,22H2,1H3,(H,24,25)(H,26,27)/p-1. The lowest BCUT2D eigenvalue weighted by Gasteiger charge is -2.17. The van der Waals surface area contributed by atoms with E-state index in [0.29, 0.717) is 33.1 Å². The van der Waals surface area contributed by atoms with Gasteiger partial charge in [0.2, 0.25) is 0 Å². The van der Waals surface area contributed by atoms with Crippen molar-refractivity contribution < 1.29 is 17.7 Å². The monoisotopic (exact) mass is 430 g/mol. The van der Waals surface area contributed by atoms with Crippen LogP contribution in [0.2, 0.25) is 5.02 Å². The molecule has 3 N–H and O–H groups in total. The molecule has 0 aliphatic rings. The van der Waals surface area contributed by atoms with Gasteiger partial charge in [-0.2, -0.15) is 0 Å². The van der Waals surface area contributed by atoms with Gasteiger partial charge >= 0.3 is 0 Å². The number of halogens is 1. The average molecular weight is 431 g/mol. The molecule has 0 aliphatic heterocycles. The lowest BCUT2D eigenvalue weighted by Crippen LogP contribution is -2.13. The maximum absolute atomic E-state index is 12.6. The summed E-state index contributed by atoms with van der Waals surface area (Å²) in [6, 6.07) is 15.1. The zero-order chi connectivity index (χ0) is 21.0. The summed E-state index contributed by atoms with van der Waals surface area (Å²) in [5.41, 5.74) is 8.92. The van der Waals surface area contributed by atoms with Crippen molar-refractivity contribution in [1.82, 2.24) is 4.98 Å². The molecule has 0 bridgehead atoms. The maximum Gasteiger partial charge on any atom is 0.255 e. The predicted octanol–water partition coefficient (Wildman–Crippen LogP) is 4.11. The Bertz CT molecular complexity index is 1060. The van der Waals surface area contributed by atoms with Crippen LogP contribution in [0.5, 0.6) is 0 Å². The van der Waals surface area contributed by atoms with Crippen LogP contribution in [0.4, 0.5) is 11.4 Å². The van der Waals surface area contributed by atoms with Gasteiger partial charge in [0, 0.05) is 34.3 Å². The molecule has 1 amide bonds.